The van der Waals surface area contributed by atoms with Crippen molar-refractivity contribution in [3.8, 4) is 0 Å². The minimum absolute atomic E-state index is 0.104. The van der Waals surface area contributed by atoms with Gasteiger partial charge in [0, 0.05) is 12.7 Å². The van der Waals surface area contributed by atoms with Crippen molar-refractivity contribution in [2.75, 3.05) is 23.7 Å². The van der Waals surface area contributed by atoms with Gasteiger partial charge in [0.1, 0.15) is 5.82 Å². The average molecular weight is 302 g/mol. The SMILES string of the molecule is CC(C)CN(CC(N)=O)c1nc(N)ncc1Br. The van der Waals surface area contributed by atoms with Crippen molar-refractivity contribution in [1.29, 1.82) is 0 Å². The molecule has 6 nitrogen and oxygen atoms in total. The van der Waals surface area contributed by atoms with Crippen LogP contribution in [-0.4, -0.2) is 29.0 Å². The van der Waals surface area contributed by atoms with E-state index in [0.717, 1.165) is 0 Å². The van der Waals surface area contributed by atoms with Crippen LogP contribution in [0.5, 0.6) is 0 Å². The summed E-state index contributed by atoms with van der Waals surface area (Å²) in [6.45, 7) is 4.87. The molecule has 17 heavy (non-hydrogen) atoms. The van der Waals surface area contributed by atoms with Gasteiger partial charge >= 0.3 is 0 Å². The summed E-state index contributed by atoms with van der Waals surface area (Å²) in [7, 11) is 0. The summed E-state index contributed by atoms with van der Waals surface area (Å²) in [5.74, 6) is 0.721. The predicted molar refractivity (Wildman–Crippen MR) is 70.4 cm³/mol. The van der Waals surface area contributed by atoms with Gasteiger partial charge in [-0.05, 0) is 21.8 Å². The van der Waals surface area contributed by atoms with Crippen molar-refractivity contribution in [2.24, 2.45) is 11.7 Å². The second kappa shape index (κ2) is 5.81. The molecule has 0 unspecified atom stereocenters. The lowest BCUT2D eigenvalue weighted by Gasteiger charge is -2.25. The van der Waals surface area contributed by atoms with Gasteiger partial charge in [-0.15, -0.1) is 0 Å². The molecule has 0 atom stereocenters. The molecule has 0 saturated heterocycles. The van der Waals surface area contributed by atoms with E-state index in [1.165, 1.54) is 0 Å². The number of rotatable bonds is 5. The van der Waals surface area contributed by atoms with Crippen molar-refractivity contribution >= 4 is 33.6 Å². The second-order valence-electron chi connectivity index (χ2n) is 4.14. The van der Waals surface area contributed by atoms with Gasteiger partial charge in [-0.1, -0.05) is 13.8 Å². The number of amides is 1. The fourth-order valence-corrected chi connectivity index (χ4v) is 1.89. The predicted octanol–water partition coefficient (Wildman–Crippen LogP) is 0.769. The third-order valence-electron chi connectivity index (χ3n) is 1.98. The molecule has 0 aliphatic heterocycles. The third-order valence-corrected chi connectivity index (χ3v) is 2.54. The Bertz CT molecular complexity index is 410. The van der Waals surface area contributed by atoms with Gasteiger partial charge in [-0.3, -0.25) is 4.79 Å². The second-order valence-corrected chi connectivity index (χ2v) is 4.99. The lowest BCUT2D eigenvalue weighted by Crippen LogP contribution is -2.37. The normalized spacial score (nSPS) is 10.6. The summed E-state index contributed by atoms with van der Waals surface area (Å²) in [5.41, 5.74) is 10.8. The summed E-state index contributed by atoms with van der Waals surface area (Å²) in [4.78, 5) is 20.8. The Morgan fingerprint density at radius 3 is 2.76 bits per heavy atom. The Morgan fingerprint density at radius 1 is 1.59 bits per heavy atom. The first-order valence-electron chi connectivity index (χ1n) is 5.21. The van der Waals surface area contributed by atoms with E-state index in [1.807, 2.05) is 13.8 Å². The summed E-state index contributed by atoms with van der Waals surface area (Å²) in [5, 5.41) is 0. The first-order valence-corrected chi connectivity index (χ1v) is 6.00. The smallest absolute Gasteiger partial charge is 0.236 e. The Hall–Kier alpha value is -1.37. The van der Waals surface area contributed by atoms with Crippen molar-refractivity contribution in [3.05, 3.63) is 10.7 Å². The van der Waals surface area contributed by atoms with E-state index >= 15 is 0 Å². The molecule has 0 saturated carbocycles. The van der Waals surface area contributed by atoms with Crippen LogP contribution in [0.4, 0.5) is 11.8 Å². The van der Waals surface area contributed by atoms with Gasteiger partial charge in [0.2, 0.25) is 11.9 Å². The molecule has 0 aromatic carbocycles. The number of nitrogens with zero attached hydrogens (tertiary/aromatic N) is 3. The standard InChI is InChI=1S/C10H16BrN5O/c1-6(2)4-16(5-8(12)17)9-7(11)3-14-10(13)15-9/h3,6H,4-5H2,1-2H3,(H2,12,17)(H2,13,14,15). The molecule has 1 aromatic rings. The molecule has 0 aliphatic carbocycles. The van der Waals surface area contributed by atoms with Crippen molar-refractivity contribution in [1.82, 2.24) is 9.97 Å². The quantitative estimate of drug-likeness (QED) is 0.837. The van der Waals surface area contributed by atoms with Gasteiger partial charge in [0.25, 0.3) is 0 Å². The van der Waals surface area contributed by atoms with Crippen LogP contribution < -0.4 is 16.4 Å². The maximum Gasteiger partial charge on any atom is 0.236 e. The number of carbonyl (C=O) groups excluding carboxylic acids is 1. The number of carbonyl (C=O) groups is 1. The molecule has 7 heteroatoms. The number of aromatic nitrogens is 2. The van der Waals surface area contributed by atoms with Crippen molar-refractivity contribution < 1.29 is 4.79 Å². The van der Waals surface area contributed by atoms with Gasteiger partial charge in [-0.2, -0.15) is 4.98 Å². The van der Waals surface area contributed by atoms with E-state index < -0.39 is 5.91 Å². The van der Waals surface area contributed by atoms with Crippen LogP contribution in [0.15, 0.2) is 10.7 Å². The topological polar surface area (TPSA) is 98.1 Å². The number of hydrogen-bond acceptors (Lipinski definition) is 5. The highest BCUT2D eigenvalue weighted by Crippen LogP contribution is 2.24. The van der Waals surface area contributed by atoms with Crippen molar-refractivity contribution in [3.63, 3.8) is 0 Å². The van der Waals surface area contributed by atoms with Crippen LogP contribution in [-0.2, 0) is 4.79 Å². The highest BCUT2D eigenvalue weighted by Gasteiger charge is 2.16. The van der Waals surface area contributed by atoms with Gasteiger partial charge < -0.3 is 16.4 Å². The number of nitrogen functional groups attached to an aromatic ring is 1. The Morgan fingerprint density at radius 2 is 2.24 bits per heavy atom. The fraction of sp³-hybridized carbons (Fsp3) is 0.500. The maximum absolute atomic E-state index is 11.1. The molecule has 0 aliphatic rings. The van der Waals surface area contributed by atoms with E-state index in [9.17, 15) is 4.79 Å². The minimum atomic E-state index is -0.408. The summed E-state index contributed by atoms with van der Waals surface area (Å²) in [6, 6.07) is 0. The first kappa shape index (κ1) is 13.7. The highest BCUT2D eigenvalue weighted by atomic mass is 79.9. The zero-order valence-corrected chi connectivity index (χ0v) is 11.4. The molecule has 94 valence electrons. The monoisotopic (exact) mass is 301 g/mol. The molecule has 0 spiro atoms. The molecule has 4 N–H and O–H groups in total. The van der Waals surface area contributed by atoms with E-state index in [1.54, 1.807) is 11.1 Å². The van der Waals surface area contributed by atoms with Crippen LogP contribution in [0.3, 0.4) is 0 Å². The number of primary amides is 1. The van der Waals surface area contributed by atoms with Crippen LogP contribution in [0.2, 0.25) is 0 Å². The number of halogens is 1. The Kier molecular flexibility index (Phi) is 4.68. The van der Waals surface area contributed by atoms with Crippen LogP contribution >= 0.6 is 15.9 Å². The van der Waals surface area contributed by atoms with Crippen LogP contribution in [0, 0.1) is 5.92 Å². The Labute approximate surface area is 109 Å². The van der Waals surface area contributed by atoms with E-state index in [0.29, 0.717) is 22.8 Å². The largest absolute Gasteiger partial charge is 0.368 e. The fourth-order valence-electron chi connectivity index (χ4n) is 1.45. The van der Waals surface area contributed by atoms with Crippen LogP contribution in [0.25, 0.3) is 0 Å². The number of hydrogen-bond donors (Lipinski definition) is 2. The maximum atomic E-state index is 11.1. The summed E-state index contributed by atoms with van der Waals surface area (Å²) >= 11 is 3.34. The van der Waals surface area contributed by atoms with E-state index in [-0.39, 0.29) is 12.5 Å². The zero-order chi connectivity index (χ0) is 13.0. The first-order chi connectivity index (χ1) is 7.90. The molecular weight excluding hydrogens is 286 g/mol. The summed E-state index contributed by atoms with van der Waals surface area (Å²) < 4.78 is 0.689. The highest BCUT2D eigenvalue weighted by molar-refractivity contribution is 9.10. The van der Waals surface area contributed by atoms with Gasteiger partial charge in [-0.25, -0.2) is 4.98 Å². The van der Waals surface area contributed by atoms with Gasteiger partial charge in [0.15, 0.2) is 0 Å². The molecule has 1 rings (SSSR count). The molecule has 1 aromatic heterocycles. The molecule has 0 radical (unpaired) electrons. The average Bonchev–Trinajstić information content (AvgIpc) is 2.19. The number of anilines is 2. The molecular formula is C10H16BrN5O. The minimum Gasteiger partial charge on any atom is -0.368 e. The zero-order valence-electron chi connectivity index (χ0n) is 9.85. The van der Waals surface area contributed by atoms with Crippen LogP contribution in [0.1, 0.15) is 13.8 Å². The lowest BCUT2D eigenvalue weighted by molar-refractivity contribution is -0.116. The van der Waals surface area contributed by atoms with Crippen molar-refractivity contribution in [2.45, 2.75) is 13.8 Å². The van der Waals surface area contributed by atoms with Gasteiger partial charge in [0.05, 0.1) is 11.0 Å². The van der Waals surface area contributed by atoms with E-state index in [2.05, 4.69) is 25.9 Å². The molecule has 0 fully saturated rings. The van der Waals surface area contributed by atoms with E-state index in [4.69, 9.17) is 11.5 Å². The molecule has 1 heterocycles. The lowest BCUT2D eigenvalue weighted by atomic mass is 10.2. The summed E-state index contributed by atoms with van der Waals surface area (Å²) in [6.07, 6.45) is 1.56. The molecule has 0 bridgehead atoms. The number of nitrogens with two attached hydrogens (primary N) is 2. The Balaban J connectivity index is 3.02. The molecule has 1 amide bonds. The third kappa shape index (κ3) is 4.18.